The number of rotatable bonds is 9. The van der Waals surface area contributed by atoms with Crippen molar-refractivity contribution in [3.63, 3.8) is 0 Å². The Hall–Kier alpha value is -4.07. The summed E-state index contributed by atoms with van der Waals surface area (Å²) >= 11 is 0. The van der Waals surface area contributed by atoms with Gasteiger partial charge in [-0.1, -0.05) is 17.3 Å². The Balaban J connectivity index is 1.50. The van der Waals surface area contributed by atoms with Gasteiger partial charge < -0.3 is 9.26 Å². The fourth-order valence-electron chi connectivity index (χ4n) is 3.30. The first kappa shape index (κ1) is 26.0. The van der Waals surface area contributed by atoms with Crippen molar-refractivity contribution in [1.29, 1.82) is 0 Å². The number of ether oxygens (including phenoxy) is 1. The first-order valence-electron chi connectivity index (χ1n) is 10.8. The number of nitrogens with zero attached hydrogens (tertiary/aromatic N) is 5. The van der Waals surface area contributed by atoms with Crippen LogP contribution in [0.5, 0.6) is 5.75 Å². The van der Waals surface area contributed by atoms with Gasteiger partial charge in [-0.05, 0) is 55.8 Å². The Kier molecular flexibility index (Phi) is 7.12. The number of sulfone groups is 1. The molecule has 37 heavy (non-hydrogen) atoms. The second-order valence-corrected chi connectivity index (χ2v) is 10.2. The number of benzene rings is 2. The zero-order chi connectivity index (χ0) is 26.8. The molecule has 0 amide bonds. The van der Waals surface area contributed by atoms with Crippen LogP contribution in [0.15, 0.2) is 57.9 Å². The molecule has 2 aromatic carbocycles. The van der Waals surface area contributed by atoms with Crippen LogP contribution in [-0.4, -0.2) is 51.2 Å². The van der Waals surface area contributed by atoms with Crippen LogP contribution in [0, 0.1) is 6.92 Å². The predicted molar refractivity (Wildman–Crippen MR) is 123 cm³/mol. The maximum absolute atomic E-state index is 12.5. The maximum atomic E-state index is 12.5. The van der Waals surface area contributed by atoms with Crippen molar-refractivity contribution in [2.24, 2.45) is 0 Å². The van der Waals surface area contributed by atoms with Crippen LogP contribution < -0.4 is 4.74 Å². The van der Waals surface area contributed by atoms with Crippen molar-refractivity contribution in [3.8, 4) is 28.9 Å². The lowest BCUT2D eigenvalue weighted by atomic mass is 10.2. The van der Waals surface area contributed by atoms with Gasteiger partial charge in [-0.25, -0.2) is 18.1 Å². The molecule has 194 valence electrons. The summed E-state index contributed by atoms with van der Waals surface area (Å²) in [5, 5.41) is 8.19. The number of aryl methyl sites for hydroxylation is 1. The molecule has 2 heterocycles. The van der Waals surface area contributed by atoms with Crippen molar-refractivity contribution >= 4 is 15.6 Å². The second kappa shape index (κ2) is 10.1. The molecule has 0 aliphatic heterocycles. The van der Waals surface area contributed by atoms with Gasteiger partial charge in [0.05, 0.1) is 17.2 Å². The molecular weight excluding hydrogens is 515 g/mol. The normalized spacial score (nSPS) is 12.0. The highest BCUT2D eigenvalue weighted by Crippen LogP contribution is 2.26. The standard InChI is InChI=1S/C23H20F3N5O5S/c1-14(32)10-11-37(33,34)19-5-3-4-16(12-19)13-31-15(2)27-21(29-31)22-28-20(30-36-22)17-6-8-18(9-7-17)35-23(24,25)26/h3-9,12H,10-11,13H2,1-2H3. The molecule has 0 spiro atoms. The molecule has 0 saturated carbocycles. The molecule has 4 aromatic rings. The average molecular weight is 536 g/mol. The van der Waals surface area contributed by atoms with E-state index < -0.39 is 16.2 Å². The molecule has 0 fully saturated rings. The molecule has 4 rings (SSSR count). The van der Waals surface area contributed by atoms with Crippen LogP contribution in [0.2, 0.25) is 0 Å². The number of carbonyl (C=O) groups is 1. The monoisotopic (exact) mass is 535 g/mol. The fraction of sp³-hybridized carbons (Fsp3) is 0.261. The van der Waals surface area contributed by atoms with E-state index >= 15 is 0 Å². The van der Waals surface area contributed by atoms with Crippen molar-refractivity contribution in [1.82, 2.24) is 24.9 Å². The van der Waals surface area contributed by atoms with Crippen LogP contribution in [0.1, 0.15) is 24.7 Å². The number of hydrogen-bond donors (Lipinski definition) is 0. The van der Waals surface area contributed by atoms with Gasteiger partial charge in [0.1, 0.15) is 17.4 Å². The van der Waals surface area contributed by atoms with Gasteiger partial charge in [-0.3, -0.25) is 4.79 Å². The molecule has 0 radical (unpaired) electrons. The summed E-state index contributed by atoms with van der Waals surface area (Å²) in [5.41, 5.74) is 1.04. The van der Waals surface area contributed by atoms with Crippen molar-refractivity contribution in [2.75, 3.05) is 5.75 Å². The molecule has 10 nitrogen and oxygen atoms in total. The summed E-state index contributed by atoms with van der Waals surface area (Å²) in [6.45, 7) is 3.24. The van der Waals surface area contributed by atoms with Crippen LogP contribution in [-0.2, 0) is 21.2 Å². The minimum atomic E-state index is -4.80. The molecule has 0 aliphatic carbocycles. The SMILES string of the molecule is CC(=O)CCS(=O)(=O)c1cccc(Cn2nc(-c3nc(-c4ccc(OC(F)(F)F)cc4)no3)nc2C)c1. The van der Waals surface area contributed by atoms with Gasteiger partial charge in [-0.15, -0.1) is 18.3 Å². The Morgan fingerprint density at radius 2 is 1.81 bits per heavy atom. The Labute approximate surface area is 209 Å². The molecule has 0 atom stereocenters. The average Bonchev–Trinajstić information content (AvgIpc) is 3.45. The van der Waals surface area contributed by atoms with Crippen LogP contribution >= 0.6 is 0 Å². The summed E-state index contributed by atoms with van der Waals surface area (Å²) in [7, 11) is -3.62. The Morgan fingerprint density at radius 1 is 1.08 bits per heavy atom. The molecule has 14 heteroatoms. The molecule has 0 N–H and O–H groups in total. The minimum absolute atomic E-state index is 0.00645. The number of alkyl halides is 3. The number of hydrogen-bond acceptors (Lipinski definition) is 9. The quantitative estimate of drug-likeness (QED) is 0.312. The fourth-order valence-corrected chi connectivity index (χ4v) is 4.71. The van der Waals surface area contributed by atoms with Gasteiger partial charge in [0.2, 0.25) is 11.6 Å². The van der Waals surface area contributed by atoms with Crippen molar-refractivity contribution in [3.05, 3.63) is 59.9 Å². The number of aromatic nitrogens is 5. The van der Waals surface area contributed by atoms with E-state index in [1.54, 1.807) is 19.1 Å². The van der Waals surface area contributed by atoms with E-state index in [2.05, 4.69) is 25.0 Å². The predicted octanol–water partition coefficient (Wildman–Crippen LogP) is 4.00. The molecule has 0 bridgehead atoms. The third-order valence-corrected chi connectivity index (χ3v) is 6.85. The van der Waals surface area contributed by atoms with E-state index in [9.17, 15) is 26.4 Å². The minimum Gasteiger partial charge on any atom is -0.406 e. The first-order valence-corrected chi connectivity index (χ1v) is 12.5. The lowest BCUT2D eigenvalue weighted by molar-refractivity contribution is -0.274. The van der Waals surface area contributed by atoms with Gasteiger partial charge in [0.25, 0.3) is 5.89 Å². The second-order valence-electron chi connectivity index (χ2n) is 8.05. The summed E-state index contributed by atoms with van der Waals surface area (Å²) < 4.78 is 72.7. The van der Waals surface area contributed by atoms with E-state index in [-0.39, 0.29) is 52.7 Å². The first-order chi connectivity index (χ1) is 17.4. The molecule has 2 aromatic heterocycles. The lowest BCUT2D eigenvalue weighted by Crippen LogP contribution is -2.16. The van der Waals surface area contributed by atoms with Gasteiger partial charge in [0, 0.05) is 12.0 Å². The highest BCUT2D eigenvalue weighted by Gasteiger charge is 2.31. The summed E-state index contributed by atoms with van der Waals surface area (Å²) in [4.78, 5) is 19.8. The smallest absolute Gasteiger partial charge is 0.406 e. The van der Waals surface area contributed by atoms with Gasteiger partial charge in [0.15, 0.2) is 9.84 Å². The summed E-state index contributed by atoms with van der Waals surface area (Å²) in [5.74, 6) is -0.129. The van der Waals surface area contributed by atoms with Crippen LogP contribution in [0.25, 0.3) is 23.1 Å². The zero-order valence-corrected chi connectivity index (χ0v) is 20.4. The summed E-state index contributed by atoms with van der Waals surface area (Å²) in [6.07, 6.45) is -4.86. The highest BCUT2D eigenvalue weighted by molar-refractivity contribution is 7.91. The largest absolute Gasteiger partial charge is 0.573 e. The van der Waals surface area contributed by atoms with E-state index in [0.29, 0.717) is 17.0 Å². The number of ketones is 1. The molecule has 0 unspecified atom stereocenters. The van der Waals surface area contributed by atoms with E-state index in [0.717, 1.165) is 12.1 Å². The molecular formula is C23H20F3N5O5S. The van der Waals surface area contributed by atoms with Gasteiger partial charge >= 0.3 is 6.36 Å². The van der Waals surface area contributed by atoms with Crippen molar-refractivity contribution in [2.45, 2.75) is 38.1 Å². The number of carbonyl (C=O) groups excluding carboxylic acids is 1. The number of halogens is 3. The van der Waals surface area contributed by atoms with E-state index in [1.165, 1.54) is 35.9 Å². The highest BCUT2D eigenvalue weighted by atomic mass is 32.2. The Morgan fingerprint density at radius 3 is 2.49 bits per heavy atom. The lowest BCUT2D eigenvalue weighted by Gasteiger charge is -2.08. The van der Waals surface area contributed by atoms with E-state index in [1.807, 2.05) is 0 Å². The number of Topliss-reactive ketones (excluding diaryl/α,β-unsaturated/α-hetero) is 1. The molecule has 0 aliphatic rings. The molecule has 0 saturated heterocycles. The Bertz CT molecular complexity index is 1530. The van der Waals surface area contributed by atoms with Crippen LogP contribution in [0.3, 0.4) is 0 Å². The third kappa shape index (κ3) is 6.58. The topological polar surface area (TPSA) is 130 Å². The summed E-state index contributed by atoms with van der Waals surface area (Å²) in [6, 6.07) is 11.3. The third-order valence-electron chi connectivity index (χ3n) is 5.13. The van der Waals surface area contributed by atoms with Crippen LogP contribution in [0.4, 0.5) is 13.2 Å². The zero-order valence-electron chi connectivity index (χ0n) is 19.6. The van der Waals surface area contributed by atoms with Crippen molar-refractivity contribution < 1.29 is 35.6 Å². The maximum Gasteiger partial charge on any atom is 0.573 e. The van der Waals surface area contributed by atoms with E-state index in [4.69, 9.17) is 4.52 Å². The van der Waals surface area contributed by atoms with Gasteiger partial charge in [-0.2, -0.15) is 4.98 Å².